The first-order valence-corrected chi connectivity index (χ1v) is 6.02. The number of piperidine rings is 1. The summed E-state index contributed by atoms with van der Waals surface area (Å²) in [7, 11) is 0. The maximum Gasteiger partial charge on any atom is 0.414 e. The topological polar surface area (TPSA) is 55.6 Å². The van der Waals surface area contributed by atoms with Crippen LogP contribution in [0.5, 0.6) is 0 Å². The normalized spacial score (nSPS) is 33.3. The summed E-state index contributed by atoms with van der Waals surface area (Å²) in [5.41, 5.74) is 5.82. The van der Waals surface area contributed by atoms with E-state index in [9.17, 15) is 4.79 Å². The Balaban J connectivity index is 2.02. The smallest absolute Gasteiger partial charge is 0.414 e. The van der Waals surface area contributed by atoms with E-state index in [-0.39, 0.29) is 6.09 Å². The summed E-state index contributed by atoms with van der Waals surface area (Å²) in [5.74, 6) is 1.73. The molecule has 0 spiro atoms. The highest BCUT2D eigenvalue weighted by Crippen LogP contribution is 2.39. The van der Waals surface area contributed by atoms with Crippen molar-refractivity contribution in [1.29, 1.82) is 0 Å². The summed E-state index contributed by atoms with van der Waals surface area (Å²) in [4.78, 5) is 13.4. The molecule has 16 heavy (non-hydrogen) atoms. The van der Waals surface area contributed by atoms with Crippen LogP contribution < -0.4 is 5.73 Å². The molecular weight excluding hydrogens is 204 g/mol. The summed E-state index contributed by atoms with van der Waals surface area (Å²) in [6.07, 6.45) is 4.60. The highest BCUT2D eigenvalue weighted by Gasteiger charge is 2.40. The Morgan fingerprint density at radius 1 is 1.44 bits per heavy atom. The van der Waals surface area contributed by atoms with Gasteiger partial charge in [-0.25, -0.2) is 4.79 Å². The Labute approximate surface area is 96.4 Å². The van der Waals surface area contributed by atoms with Crippen molar-refractivity contribution in [3.8, 4) is 0 Å². The molecule has 1 saturated carbocycles. The molecule has 2 bridgehead atoms. The predicted octanol–water partition coefficient (Wildman–Crippen LogP) is 1.57. The second-order valence-corrected chi connectivity index (χ2v) is 4.81. The zero-order chi connectivity index (χ0) is 11.5. The van der Waals surface area contributed by atoms with E-state index in [0.717, 1.165) is 19.6 Å². The average Bonchev–Trinajstić information content (AvgIpc) is 2.27. The van der Waals surface area contributed by atoms with Gasteiger partial charge < -0.3 is 15.4 Å². The number of nitrogens with two attached hydrogens (primary N) is 1. The zero-order valence-electron chi connectivity index (χ0n) is 9.60. The lowest BCUT2D eigenvalue weighted by atomic mass is 9.69. The van der Waals surface area contributed by atoms with Crippen molar-refractivity contribution in [3.63, 3.8) is 0 Å². The van der Waals surface area contributed by atoms with Crippen molar-refractivity contribution >= 4 is 6.09 Å². The highest BCUT2D eigenvalue weighted by molar-refractivity contribution is 5.68. The van der Waals surface area contributed by atoms with Crippen LogP contribution in [-0.4, -0.2) is 30.6 Å². The van der Waals surface area contributed by atoms with Crippen molar-refractivity contribution in [3.05, 3.63) is 12.8 Å². The van der Waals surface area contributed by atoms with E-state index in [1.165, 1.54) is 25.5 Å². The second-order valence-electron chi connectivity index (χ2n) is 4.81. The lowest BCUT2D eigenvalue weighted by Crippen LogP contribution is -2.52. The van der Waals surface area contributed by atoms with Gasteiger partial charge in [-0.3, -0.25) is 0 Å². The van der Waals surface area contributed by atoms with Gasteiger partial charge in [0.05, 0.1) is 6.26 Å². The van der Waals surface area contributed by atoms with Crippen molar-refractivity contribution in [2.24, 2.45) is 23.5 Å². The molecule has 90 valence electrons. The Morgan fingerprint density at radius 3 is 2.56 bits per heavy atom. The van der Waals surface area contributed by atoms with E-state index in [1.807, 2.05) is 4.90 Å². The molecule has 1 amide bonds. The molecule has 0 radical (unpaired) electrons. The summed E-state index contributed by atoms with van der Waals surface area (Å²) in [5, 5.41) is 0. The summed E-state index contributed by atoms with van der Waals surface area (Å²) in [6.45, 7) is 5.75. The molecule has 2 fully saturated rings. The molecule has 1 aliphatic heterocycles. The van der Waals surface area contributed by atoms with Crippen LogP contribution in [0.3, 0.4) is 0 Å². The molecule has 2 N–H and O–H groups in total. The Morgan fingerprint density at radius 2 is 2.06 bits per heavy atom. The van der Waals surface area contributed by atoms with Gasteiger partial charge in [-0.1, -0.05) is 13.0 Å². The minimum absolute atomic E-state index is 0.262. The maximum absolute atomic E-state index is 11.6. The fourth-order valence-electron chi connectivity index (χ4n) is 3.23. The first kappa shape index (κ1) is 11.5. The molecule has 0 aromatic carbocycles. The van der Waals surface area contributed by atoms with Crippen LogP contribution in [0.25, 0.3) is 0 Å². The van der Waals surface area contributed by atoms with Gasteiger partial charge >= 0.3 is 6.09 Å². The molecule has 2 aliphatic rings. The van der Waals surface area contributed by atoms with Crippen molar-refractivity contribution in [2.45, 2.75) is 19.3 Å². The van der Waals surface area contributed by atoms with Gasteiger partial charge in [-0.2, -0.15) is 0 Å². The molecule has 1 saturated heterocycles. The van der Waals surface area contributed by atoms with Crippen molar-refractivity contribution in [2.75, 3.05) is 19.6 Å². The van der Waals surface area contributed by atoms with E-state index < -0.39 is 0 Å². The fourth-order valence-corrected chi connectivity index (χ4v) is 3.23. The van der Waals surface area contributed by atoms with Gasteiger partial charge in [0, 0.05) is 13.1 Å². The minimum Gasteiger partial charge on any atom is -0.419 e. The highest BCUT2D eigenvalue weighted by atomic mass is 16.5. The monoisotopic (exact) mass is 224 g/mol. The lowest BCUT2D eigenvalue weighted by molar-refractivity contribution is 0.0289. The lowest BCUT2D eigenvalue weighted by Gasteiger charge is -2.46. The number of hydrogen-bond donors (Lipinski definition) is 1. The summed E-state index contributed by atoms with van der Waals surface area (Å²) in [6, 6.07) is 0. The number of nitrogens with zero attached hydrogens (tertiary/aromatic N) is 1. The minimum atomic E-state index is -0.262. The Kier molecular flexibility index (Phi) is 3.49. The van der Waals surface area contributed by atoms with Gasteiger partial charge in [0.25, 0.3) is 0 Å². The summed E-state index contributed by atoms with van der Waals surface area (Å²) >= 11 is 0. The number of hydrogen-bond acceptors (Lipinski definition) is 3. The van der Waals surface area contributed by atoms with Crippen LogP contribution in [0.15, 0.2) is 12.8 Å². The van der Waals surface area contributed by atoms with E-state index >= 15 is 0 Å². The molecular formula is C12H20N2O2. The van der Waals surface area contributed by atoms with Crippen LogP contribution in [0.2, 0.25) is 0 Å². The largest absolute Gasteiger partial charge is 0.419 e. The van der Waals surface area contributed by atoms with E-state index in [2.05, 4.69) is 6.58 Å². The van der Waals surface area contributed by atoms with Gasteiger partial charge in [0.15, 0.2) is 0 Å². The van der Waals surface area contributed by atoms with Gasteiger partial charge in [0.1, 0.15) is 0 Å². The SMILES string of the molecule is C=COC(=O)N1CC2CCCC(C1)C2CN. The van der Waals surface area contributed by atoms with E-state index in [0.29, 0.717) is 17.8 Å². The molecule has 2 rings (SSSR count). The molecule has 4 nitrogen and oxygen atoms in total. The van der Waals surface area contributed by atoms with Crippen molar-refractivity contribution in [1.82, 2.24) is 4.90 Å². The fraction of sp³-hybridized carbons (Fsp3) is 0.750. The first-order valence-electron chi connectivity index (χ1n) is 6.02. The average molecular weight is 224 g/mol. The number of fused-ring (bicyclic) bond motifs is 2. The van der Waals surface area contributed by atoms with E-state index in [4.69, 9.17) is 10.5 Å². The second kappa shape index (κ2) is 4.87. The third kappa shape index (κ3) is 2.07. The predicted molar refractivity (Wildman–Crippen MR) is 61.6 cm³/mol. The summed E-state index contributed by atoms with van der Waals surface area (Å²) < 4.78 is 4.84. The molecule has 0 aromatic heterocycles. The first-order chi connectivity index (χ1) is 7.76. The standard InChI is InChI=1S/C12H20N2O2/c1-2-16-12(15)14-7-9-4-3-5-10(8-14)11(9)6-13/h2,9-11H,1,3-8,13H2. The van der Waals surface area contributed by atoms with Crippen LogP contribution >= 0.6 is 0 Å². The zero-order valence-corrected chi connectivity index (χ0v) is 9.60. The molecule has 2 atom stereocenters. The van der Waals surface area contributed by atoms with Crippen molar-refractivity contribution < 1.29 is 9.53 Å². The van der Waals surface area contributed by atoms with Crippen LogP contribution in [-0.2, 0) is 4.74 Å². The number of ether oxygens (including phenoxy) is 1. The molecule has 0 aromatic rings. The van der Waals surface area contributed by atoms with Gasteiger partial charge in [-0.15, -0.1) is 0 Å². The third-order valence-corrected chi connectivity index (χ3v) is 3.99. The molecule has 2 unspecified atom stereocenters. The Hall–Kier alpha value is -1.03. The maximum atomic E-state index is 11.6. The third-order valence-electron chi connectivity index (χ3n) is 3.99. The van der Waals surface area contributed by atoms with Crippen LogP contribution in [0.4, 0.5) is 4.79 Å². The van der Waals surface area contributed by atoms with Gasteiger partial charge in [0.2, 0.25) is 0 Å². The number of carbonyl (C=O) groups is 1. The number of rotatable bonds is 2. The number of carbonyl (C=O) groups excluding carboxylic acids is 1. The number of amides is 1. The molecule has 1 heterocycles. The Bertz CT molecular complexity index is 266. The molecule has 1 aliphatic carbocycles. The van der Waals surface area contributed by atoms with Crippen LogP contribution in [0, 0.1) is 17.8 Å². The van der Waals surface area contributed by atoms with Gasteiger partial charge in [-0.05, 0) is 37.1 Å². The van der Waals surface area contributed by atoms with Crippen LogP contribution in [0.1, 0.15) is 19.3 Å². The number of likely N-dealkylation sites (tertiary alicyclic amines) is 1. The quantitative estimate of drug-likeness (QED) is 0.724. The van der Waals surface area contributed by atoms with E-state index in [1.54, 1.807) is 0 Å². The molecule has 4 heteroatoms.